The predicted molar refractivity (Wildman–Crippen MR) is 118 cm³/mol. The largest absolute Gasteiger partial charge is 0.488 e. The fraction of sp³-hybridized carbons (Fsp3) is 0.0833. The number of hydrazone groups is 1. The van der Waals surface area contributed by atoms with E-state index in [4.69, 9.17) is 4.74 Å². The van der Waals surface area contributed by atoms with Crippen LogP contribution in [0.2, 0.25) is 0 Å². The molecule has 0 heterocycles. The SMILES string of the molecule is CC(=O)Nc1ccc(C(=O)N/N=C\c2ccccc2OCc2ccccc2C#N)cc1. The van der Waals surface area contributed by atoms with Crippen LogP contribution in [-0.2, 0) is 11.4 Å². The van der Waals surface area contributed by atoms with Crippen LogP contribution in [0.1, 0.15) is 34.0 Å². The number of nitriles is 1. The Balaban J connectivity index is 1.63. The number of ether oxygens (including phenoxy) is 1. The Morgan fingerprint density at radius 3 is 2.48 bits per heavy atom. The first kappa shape index (κ1) is 21.3. The highest BCUT2D eigenvalue weighted by Crippen LogP contribution is 2.19. The lowest BCUT2D eigenvalue weighted by molar-refractivity contribution is -0.114. The Bertz CT molecular complexity index is 1150. The van der Waals surface area contributed by atoms with Crippen LogP contribution < -0.4 is 15.5 Å². The van der Waals surface area contributed by atoms with E-state index in [0.717, 1.165) is 5.56 Å². The van der Waals surface area contributed by atoms with Crippen LogP contribution in [0.25, 0.3) is 0 Å². The molecule has 0 unspecified atom stereocenters. The lowest BCUT2D eigenvalue weighted by Crippen LogP contribution is -2.17. The third-order valence-electron chi connectivity index (χ3n) is 4.28. The van der Waals surface area contributed by atoms with E-state index < -0.39 is 0 Å². The number of hydrogen-bond donors (Lipinski definition) is 2. The number of para-hydroxylation sites is 1. The van der Waals surface area contributed by atoms with Gasteiger partial charge in [0.05, 0.1) is 17.8 Å². The van der Waals surface area contributed by atoms with Crippen LogP contribution in [0.4, 0.5) is 5.69 Å². The molecule has 0 aliphatic rings. The standard InChI is InChI=1S/C24H20N4O3/c1-17(29)27-22-12-10-18(11-13-22)24(30)28-26-15-20-7-4-5-9-23(20)31-16-21-8-3-2-6-19(21)14-25/h2-13,15H,16H2,1H3,(H,27,29)(H,28,30)/b26-15-. The molecule has 154 valence electrons. The van der Waals surface area contributed by atoms with E-state index >= 15 is 0 Å². The highest BCUT2D eigenvalue weighted by atomic mass is 16.5. The van der Waals surface area contributed by atoms with E-state index in [9.17, 15) is 14.9 Å². The number of carbonyl (C=O) groups is 2. The molecule has 2 N–H and O–H groups in total. The molecule has 0 aliphatic heterocycles. The van der Waals surface area contributed by atoms with E-state index in [1.807, 2.05) is 30.3 Å². The summed E-state index contributed by atoms with van der Waals surface area (Å²) in [6.07, 6.45) is 1.50. The van der Waals surface area contributed by atoms with Gasteiger partial charge in [0.1, 0.15) is 12.4 Å². The minimum atomic E-state index is -0.382. The number of nitrogens with one attached hydrogen (secondary N) is 2. The van der Waals surface area contributed by atoms with Crippen molar-refractivity contribution in [2.75, 3.05) is 5.32 Å². The van der Waals surface area contributed by atoms with Crippen molar-refractivity contribution in [2.24, 2.45) is 5.10 Å². The summed E-state index contributed by atoms with van der Waals surface area (Å²) in [7, 11) is 0. The first-order valence-corrected chi connectivity index (χ1v) is 9.47. The molecule has 7 heteroatoms. The molecular weight excluding hydrogens is 392 g/mol. The summed E-state index contributed by atoms with van der Waals surface area (Å²) in [5.74, 6) is 0.0127. The maximum Gasteiger partial charge on any atom is 0.271 e. The van der Waals surface area contributed by atoms with Gasteiger partial charge in [-0.2, -0.15) is 10.4 Å². The summed E-state index contributed by atoms with van der Waals surface area (Å²) < 4.78 is 5.86. The lowest BCUT2D eigenvalue weighted by Gasteiger charge is -2.10. The third-order valence-corrected chi connectivity index (χ3v) is 4.28. The minimum absolute atomic E-state index is 0.182. The fourth-order valence-corrected chi connectivity index (χ4v) is 2.76. The molecule has 3 rings (SSSR count). The maximum atomic E-state index is 12.3. The molecule has 0 bridgehead atoms. The Hall–Kier alpha value is -4.44. The molecule has 0 aromatic heterocycles. The van der Waals surface area contributed by atoms with Gasteiger partial charge in [0.25, 0.3) is 5.91 Å². The predicted octanol–water partition coefficient (Wildman–Crippen LogP) is 3.86. The van der Waals surface area contributed by atoms with Gasteiger partial charge in [0, 0.05) is 29.3 Å². The second-order valence-corrected chi connectivity index (χ2v) is 6.55. The number of benzene rings is 3. The van der Waals surface area contributed by atoms with Gasteiger partial charge in [-0.25, -0.2) is 5.43 Å². The molecule has 31 heavy (non-hydrogen) atoms. The summed E-state index contributed by atoms with van der Waals surface area (Å²) in [5.41, 5.74) is 5.51. The number of hydrogen-bond acceptors (Lipinski definition) is 5. The summed E-state index contributed by atoms with van der Waals surface area (Å²) >= 11 is 0. The van der Waals surface area contributed by atoms with Crippen molar-refractivity contribution in [3.8, 4) is 11.8 Å². The van der Waals surface area contributed by atoms with Gasteiger partial charge < -0.3 is 10.1 Å². The van der Waals surface area contributed by atoms with Crippen molar-refractivity contribution in [1.29, 1.82) is 5.26 Å². The van der Waals surface area contributed by atoms with E-state index in [0.29, 0.717) is 28.1 Å². The number of rotatable bonds is 7. The molecule has 0 atom stereocenters. The fourth-order valence-electron chi connectivity index (χ4n) is 2.76. The quantitative estimate of drug-likeness (QED) is 0.454. The molecule has 0 aliphatic carbocycles. The van der Waals surface area contributed by atoms with Crippen LogP contribution in [0.15, 0.2) is 77.9 Å². The molecular formula is C24H20N4O3. The van der Waals surface area contributed by atoms with Crippen molar-refractivity contribution in [1.82, 2.24) is 5.43 Å². The molecule has 0 spiro atoms. The lowest BCUT2D eigenvalue weighted by atomic mass is 10.1. The normalized spacial score (nSPS) is 10.3. The van der Waals surface area contributed by atoms with Gasteiger partial charge in [-0.1, -0.05) is 30.3 Å². The van der Waals surface area contributed by atoms with E-state index in [1.54, 1.807) is 42.5 Å². The smallest absolute Gasteiger partial charge is 0.271 e. The minimum Gasteiger partial charge on any atom is -0.488 e. The zero-order valence-corrected chi connectivity index (χ0v) is 16.8. The second-order valence-electron chi connectivity index (χ2n) is 6.55. The number of nitrogens with zero attached hydrogens (tertiary/aromatic N) is 2. The Kier molecular flexibility index (Phi) is 7.12. The summed E-state index contributed by atoms with van der Waals surface area (Å²) in [5, 5.41) is 15.9. The van der Waals surface area contributed by atoms with Crippen molar-refractivity contribution in [3.05, 3.63) is 95.1 Å². The van der Waals surface area contributed by atoms with Gasteiger partial charge >= 0.3 is 0 Å². The average Bonchev–Trinajstić information content (AvgIpc) is 2.78. The molecule has 0 saturated carbocycles. The molecule has 3 aromatic rings. The van der Waals surface area contributed by atoms with Crippen molar-refractivity contribution in [3.63, 3.8) is 0 Å². The Labute approximate surface area is 180 Å². The van der Waals surface area contributed by atoms with Crippen LogP contribution in [-0.4, -0.2) is 18.0 Å². The molecule has 7 nitrogen and oxygen atoms in total. The van der Waals surface area contributed by atoms with Gasteiger partial charge in [-0.05, 0) is 42.5 Å². The zero-order valence-electron chi connectivity index (χ0n) is 16.8. The van der Waals surface area contributed by atoms with Gasteiger partial charge in [0.15, 0.2) is 0 Å². The molecule has 0 radical (unpaired) electrons. The zero-order chi connectivity index (χ0) is 22.1. The van der Waals surface area contributed by atoms with Crippen molar-refractivity contribution in [2.45, 2.75) is 13.5 Å². The van der Waals surface area contributed by atoms with Crippen molar-refractivity contribution < 1.29 is 14.3 Å². The Morgan fingerprint density at radius 1 is 1.03 bits per heavy atom. The van der Waals surface area contributed by atoms with Crippen LogP contribution in [0, 0.1) is 11.3 Å². The number of anilines is 1. The van der Waals surface area contributed by atoms with Gasteiger partial charge in [0.2, 0.25) is 5.91 Å². The summed E-state index contributed by atoms with van der Waals surface area (Å²) in [4.78, 5) is 23.3. The highest BCUT2D eigenvalue weighted by molar-refractivity contribution is 5.96. The van der Waals surface area contributed by atoms with Gasteiger partial charge in [-0.3, -0.25) is 9.59 Å². The first-order chi connectivity index (χ1) is 15.1. The first-order valence-electron chi connectivity index (χ1n) is 9.47. The van der Waals surface area contributed by atoms with Crippen LogP contribution >= 0.6 is 0 Å². The molecule has 0 fully saturated rings. The van der Waals surface area contributed by atoms with Gasteiger partial charge in [-0.15, -0.1) is 0 Å². The molecule has 0 saturated heterocycles. The maximum absolute atomic E-state index is 12.3. The van der Waals surface area contributed by atoms with E-state index in [-0.39, 0.29) is 18.4 Å². The molecule has 2 amide bonds. The van der Waals surface area contributed by atoms with Crippen LogP contribution in [0.3, 0.4) is 0 Å². The molecule has 3 aromatic carbocycles. The second kappa shape index (κ2) is 10.4. The summed E-state index contributed by atoms with van der Waals surface area (Å²) in [6.45, 7) is 1.65. The number of carbonyl (C=O) groups excluding carboxylic acids is 2. The topological polar surface area (TPSA) is 104 Å². The Morgan fingerprint density at radius 2 is 1.74 bits per heavy atom. The average molecular weight is 412 g/mol. The number of amides is 2. The third kappa shape index (κ3) is 6.02. The van der Waals surface area contributed by atoms with Crippen molar-refractivity contribution >= 4 is 23.7 Å². The van der Waals surface area contributed by atoms with E-state index in [2.05, 4.69) is 21.9 Å². The van der Waals surface area contributed by atoms with E-state index in [1.165, 1.54) is 13.1 Å². The highest BCUT2D eigenvalue weighted by Gasteiger charge is 2.07. The summed E-state index contributed by atoms with van der Waals surface area (Å²) in [6, 6.07) is 23.1. The van der Waals surface area contributed by atoms with Crippen LogP contribution in [0.5, 0.6) is 5.75 Å². The monoisotopic (exact) mass is 412 g/mol.